The fourth-order valence-corrected chi connectivity index (χ4v) is 1.13. The number of amides is 2. The second-order valence-electron chi connectivity index (χ2n) is 3.04. The van der Waals surface area contributed by atoms with E-state index >= 15 is 0 Å². The first-order valence-corrected chi connectivity index (χ1v) is 4.24. The van der Waals surface area contributed by atoms with Crippen LogP contribution in [0.2, 0.25) is 0 Å². The molecule has 3 heteroatoms. The van der Waals surface area contributed by atoms with Crippen molar-refractivity contribution in [2.75, 3.05) is 20.1 Å². The molecule has 11 heavy (non-hydrogen) atoms. The molecule has 64 valence electrons. The quantitative estimate of drug-likeness (QED) is 0.651. The molecule has 1 rings (SSSR count). The Hall–Kier alpha value is -0.730. The highest BCUT2D eigenvalue weighted by molar-refractivity contribution is 5.73. The van der Waals surface area contributed by atoms with Gasteiger partial charge >= 0.3 is 6.03 Å². The van der Waals surface area contributed by atoms with Crippen LogP contribution in [-0.4, -0.2) is 31.1 Å². The molecule has 0 aromatic rings. The SMILES string of the molecule is CCN(CC1CC1)C(=O)NC. The fraction of sp³-hybridized carbons (Fsp3) is 0.875. The van der Waals surface area contributed by atoms with Gasteiger partial charge in [0.05, 0.1) is 0 Å². The number of nitrogens with one attached hydrogen (secondary N) is 1. The third-order valence-electron chi connectivity index (χ3n) is 2.06. The van der Waals surface area contributed by atoms with E-state index < -0.39 is 0 Å². The number of hydrogen-bond acceptors (Lipinski definition) is 1. The molecule has 0 saturated heterocycles. The molecular weight excluding hydrogens is 140 g/mol. The van der Waals surface area contributed by atoms with Crippen molar-refractivity contribution in [3.63, 3.8) is 0 Å². The van der Waals surface area contributed by atoms with Gasteiger partial charge in [0.15, 0.2) is 0 Å². The van der Waals surface area contributed by atoms with Crippen LogP contribution in [0, 0.1) is 5.92 Å². The third kappa shape index (κ3) is 2.41. The Kier molecular flexibility index (Phi) is 2.74. The predicted octanol–water partition coefficient (Wildman–Crippen LogP) is 1.06. The van der Waals surface area contributed by atoms with E-state index in [9.17, 15) is 4.79 Å². The van der Waals surface area contributed by atoms with Gasteiger partial charge in [-0.1, -0.05) is 0 Å². The van der Waals surface area contributed by atoms with Crippen LogP contribution >= 0.6 is 0 Å². The van der Waals surface area contributed by atoms with Crippen molar-refractivity contribution in [3.8, 4) is 0 Å². The first-order valence-electron chi connectivity index (χ1n) is 4.24. The minimum Gasteiger partial charge on any atom is -0.341 e. The molecule has 1 fully saturated rings. The molecule has 0 heterocycles. The zero-order valence-corrected chi connectivity index (χ0v) is 7.26. The van der Waals surface area contributed by atoms with Crippen molar-refractivity contribution in [2.24, 2.45) is 5.92 Å². The molecule has 1 aliphatic rings. The molecule has 2 amide bonds. The average Bonchev–Trinajstić information content (AvgIpc) is 2.82. The van der Waals surface area contributed by atoms with E-state index in [1.165, 1.54) is 12.8 Å². The summed E-state index contributed by atoms with van der Waals surface area (Å²) in [7, 11) is 1.68. The van der Waals surface area contributed by atoms with Crippen LogP contribution in [0.15, 0.2) is 0 Å². The zero-order chi connectivity index (χ0) is 8.27. The largest absolute Gasteiger partial charge is 0.341 e. The van der Waals surface area contributed by atoms with Crippen molar-refractivity contribution in [2.45, 2.75) is 19.8 Å². The molecule has 0 aromatic heterocycles. The highest BCUT2D eigenvalue weighted by Crippen LogP contribution is 2.29. The maximum Gasteiger partial charge on any atom is 0.317 e. The van der Waals surface area contributed by atoms with Gasteiger partial charge in [0, 0.05) is 20.1 Å². The van der Waals surface area contributed by atoms with Crippen molar-refractivity contribution in [1.82, 2.24) is 10.2 Å². The number of hydrogen-bond donors (Lipinski definition) is 1. The zero-order valence-electron chi connectivity index (χ0n) is 7.26. The molecule has 0 aliphatic heterocycles. The summed E-state index contributed by atoms with van der Waals surface area (Å²) in [6.07, 6.45) is 2.60. The molecule has 1 N–H and O–H groups in total. The van der Waals surface area contributed by atoms with Crippen LogP contribution in [-0.2, 0) is 0 Å². The molecule has 0 unspecified atom stereocenters. The number of rotatable bonds is 3. The maximum atomic E-state index is 11.1. The summed E-state index contributed by atoms with van der Waals surface area (Å²) in [5.74, 6) is 0.784. The number of carbonyl (C=O) groups excluding carboxylic acids is 1. The Morgan fingerprint density at radius 3 is 2.64 bits per heavy atom. The second-order valence-corrected chi connectivity index (χ2v) is 3.04. The van der Waals surface area contributed by atoms with Gasteiger partial charge in [0.1, 0.15) is 0 Å². The van der Waals surface area contributed by atoms with E-state index in [-0.39, 0.29) is 6.03 Å². The molecule has 0 aromatic carbocycles. The Bertz CT molecular complexity index is 143. The van der Waals surface area contributed by atoms with Crippen molar-refractivity contribution < 1.29 is 4.79 Å². The van der Waals surface area contributed by atoms with Gasteiger partial charge in [-0.15, -0.1) is 0 Å². The summed E-state index contributed by atoms with van der Waals surface area (Å²) in [6, 6.07) is 0.0550. The highest BCUT2D eigenvalue weighted by Gasteiger charge is 2.25. The van der Waals surface area contributed by atoms with E-state index in [2.05, 4.69) is 5.32 Å². The van der Waals surface area contributed by atoms with Crippen molar-refractivity contribution in [3.05, 3.63) is 0 Å². The smallest absolute Gasteiger partial charge is 0.317 e. The molecular formula is C8H16N2O. The Balaban J connectivity index is 2.27. The Labute approximate surface area is 67.8 Å². The lowest BCUT2D eigenvalue weighted by Gasteiger charge is -2.19. The lowest BCUT2D eigenvalue weighted by Crippen LogP contribution is -2.39. The van der Waals surface area contributed by atoms with Crippen LogP contribution in [0.4, 0.5) is 4.79 Å². The van der Waals surface area contributed by atoms with Gasteiger partial charge < -0.3 is 10.2 Å². The molecule has 1 aliphatic carbocycles. The van der Waals surface area contributed by atoms with Gasteiger partial charge in [-0.05, 0) is 25.7 Å². The van der Waals surface area contributed by atoms with Gasteiger partial charge in [0.25, 0.3) is 0 Å². The van der Waals surface area contributed by atoms with Crippen LogP contribution in [0.5, 0.6) is 0 Å². The lowest BCUT2D eigenvalue weighted by atomic mass is 10.4. The average molecular weight is 156 g/mol. The number of urea groups is 1. The van der Waals surface area contributed by atoms with Gasteiger partial charge in [0.2, 0.25) is 0 Å². The summed E-state index contributed by atoms with van der Waals surface area (Å²) in [4.78, 5) is 13.0. The first kappa shape index (κ1) is 8.37. The maximum absolute atomic E-state index is 11.1. The monoisotopic (exact) mass is 156 g/mol. The van der Waals surface area contributed by atoms with Crippen molar-refractivity contribution >= 4 is 6.03 Å². The number of nitrogens with zero attached hydrogens (tertiary/aromatic N) is 1. The Morgan fingerprint density at radius 2 is 2.27 bits per heavy atom. The van der Waals surface area contributed by atoms with Crippen LogP contribution in [0.3, 0.4) is 0 Å². The van der Waals surface area contributed by atoms with E-state index in [0.29, 0.717) is 0 Å². The first-order chi connectivity index (χ1) is 5.27. The van der Waals surface area contributed by atoms with E-state index in [4.69, 9.17) is 0 Å². The molecule has 0 radical (unpaired) electrons. The standard InChI is InChI=1S/C8H16N2O/c1-3-10(8(11)9-2)6-7-4-5-7/h7H,3-6H2,1-2H3,(H,9,11). The van der Waals surface area contributed by atoms with Gasteiger partial charge in [-0.25, -0.2) is 4.79 Å². The molecule has 1 saturated carbocycles. The predicted molar refractivity (Wildman–Crippen MR) is 44.4 cm³/mol. The molecule has 0 bridgehead atoms. The van der Waals surface area contributed by atoms with Crippen LogP contribution < -0.4 is 5.32 Å². The second kappa shape index (κ2) is 3.60. The lowest BCUT2D eigenvalue weighted by molar-refractivity contribution is 0.200. The summed E-state index contributed by atoms with van der Waals surface area (Å²) < 4.78 is 0. The van der Waals surface area contributed by atoms with E-state index in [0.717, 1.165) is 19.0 Å². The summed E-state index contributed by atoms with van der Waals surface area (Å²) in [5.41, 5.74) is 0. The fourth-order valence-electron chi connectivity index (χ4n) is 1.13. The highest BCUT2D eigenvalue weighted by atomic mass is 16.2. The minimum atomic E-state index is 0.0550. The molecule has 0 atom stereocenters. The van der Waals surface area contributed by atoms with Crippen LogP contribution in [0.25, 0.3) is 0 Å². The van der Waals surface area contributed by atoms with Crippen molar-refractivity contribution in [1.29, 1.82) is 0 Å². The van der Waals surface area contributed by atoms with Gasteiger partial charge in [-0.2, -0.15) is 0 Å². The third-order valence-corrected chi connectivity index (χ3v) is 2.06. The van der Waals surface area contributed by atoms with E-state index in [1.807, 2.05) is 11.8 Å². The minimum absolute atomic E-state index is 0.0550. The Morgan fingerprint density at radius 1 is 1.64 bits per heavy atom. The summed E-state index contributed by atoms with van der Waals surface area (Å²) in [6.45, 7) is 3.77. The normalized spacial score (nSPS) is 16.2. The van der Waals surface area contributed by atoms with Crippen LogP contribution in [0.1, 0.15) is 19.8 Å². The molecule has 3 nitrogen and oxygen atoms in total. The summed E-state index contributed by atoms with van der Waals surface area (Å²) in [5, 5.41) is 2.64. The van der Waals surface area contributed by atoms with E-state index in [1.54, 1.807) is 7.05 Å². The van der Waals surface area contributed by atoms with Gasteiger partial charge in [-0.3, -0.25) is 0 Å². The summed E-state index contributed by atoms with van der Waals surface area (Å²) >= 11 is 0. The topological polar surface area (TPSA) is 32.3 Å². The molecule has 0 spiro atoms. The number of carbonyl (C=O) groups is 1.